The number of nitrogens with one attached hydrogen (secondary N) is 5. The number of nitrogen functional groups attached to an aromatic ring is 2. The van der Waals surface area contributed by atoms with Crippen molar-refractivity contribution >= 4 is 58.8 Å². The van der Waals surface area contributed by atoms with Crippen LogP contribution in [0, 0.1) is 0 Å². The molecule has 1 aromatic carbocycles. The van der Waals surface area contributed by atoms with Gasteiger partial charge in [0.05, 0.1) is 37.5 Å². The van der Waals surface area contributed by atoms with E-state index in [4.69, 9.17) is 56.5 Å². The number of guanidine groups is 3. The summed E-state index contributed by atoms with van der Waals surface area (Å²) in [5.41, 5.74) is 39.7. The number of carbonyl (C=O) groups excluding carboxylic acids is 3. The van der Waals surface area contributed by atoms with Crippen LogP contribution in [0.3, 0.4) is 0 Å². The number of benzene rings is 1. The maximum absolute atomic E-state index is 13.6. The molecule has 2 aromatic rings. The summed E-state index contributed by atoms with van der Waals surface area (Å²) < 4.78 is 6.14. The Balaban J connectivity index is 2.12. The minimum Gasteiger partial charge on any atom is -0.492 e. The van der Waals surface area contributed by atoms with E-state index in [0.717, 1.165) is 18.4 Å². The lowest BCUT2D eigenvalue weighted by atomic mass is 10.0. The highest BCUT2D eigenvalue weighted by atomic mass is 35.5. The lowest BCUT2D eigenvalue weighted by Gasteiger charge is -2.27. The van der Waals surface area contributed by atoms with Gasteiger partial charge in [-0.25, -0.2) is 9.97 Å². The van der Waals surface area contributed by atoms with Gasteiger partial charge >= 0.3 is 0 Å². The van der Waals surface area contributed by atoms with Crippen molar-refractivity contribution in [3.8, 4) is 5.75 Å². The van der Waals surface area contributed by atoms with E-state index in [1.165, 1.54) is 0 Å². The number of aliphatic hydroxyl groups is 10. The van der Waals surface area contributed by atoms with Gasteiger partial charge in [0.1, 0.15) is 49.0 Å². The number of amides is 3. The third-order valence-corrected chi connectivity index (χ3v) is 13.6. The number of aryl methyl sites for hydroxylation is 1. The predicted molar refractivity (Wildman–Crippen MR) is 320 cm³/mol. The number of carbonyl (C=O) groups is 3. The number of unbranched alkanes of at least 4 members (excludes halogenated alkanes) is 5. The molecular formula is C52H95ClN18O14. The maximum atomic E-state index is 13.6. The van der Waals surface area contributed by atoms with E-state index in [2.05, 4.69) is 56.4 Å². The third kappa shape index (κ3) is 31.2. The number of nitrogens with two attached hydrogens (primary N) is 7. The monoisotopic (exact) mass is 1230 g/mol. The van der Waals surface area contributed by atoms with Gasteiger partial charge in [-0.1, -0.05) is 49.4 Å². The Bertz CT molecular complexity index is 2230. The van der Waals surface area contributed by atoms with Gasteiger partial charge in [-0.3, -0.25) is 39.6 Å². The largest absolute Gasteiger partial charge is 0.492 e. The molecule has 0 spiro atoms. The fraction of sp³-hybridized carbons (Fsp3) is 0.692. The molecule has 29 N–H and O–H groups in total. The first-order valence-electron chi connectivity index (χ1n) is 28.4. The Hall–Kier alpha value is -6.11. The van der Waals surface area contributed by atoms with E-state index in [1.54, 1.807) is 0 Å². The van der Waals surface area contributed by atoms with Gasteiger partial charge in [0.25, 0.3) is 5.91 Å². The number of hydrogen-bond donors (Lipinski definition) is 22. The first-order chi connectivity index (χ1) is 40.5. The zero-order chi connectivity index (χ0) is 63.3. The molecule has 0 bridgehead atoms. The summed E-state index contributed by atoms with van der Waals surface area (Å²) >= 11 is 5.87. The molecule has 32 nitrogen and oxygen atoms in total. The fourth-order valence-corrected chi connectivity index (χ4v) is 8.48. The van der Waals surface area contributed by atoms with Gasteiger partial charge in [-0.15, -0.1) is 0 Å². The topological polar surface area (TPSA) is 571 Å². The van der Waals surface area contributed by atoms with Gasteiger partial charge in [-0.2, -0.15) is 0 Å². The van der Waals surface area contributed by atoms with E-state index in [9.17, 15) is 65.4 Å². The number of aromatic nitrogens is 2. The highest BCUT2D eigenvalue weighted by Gasteiger charge is 2.32. The molecule has 0 radical (unpaired) electrons. The van der Waals surface area contributed by atoms with E-state index in [0.29, 0.717) is 116 Å². The van der Waals surface area contributed by atoms with Gasteiger partial charge < -0.3 is 117 Å². The lowest BCUT2D eigenvalue weighted by molar-refractivity contribution is -0.125. The Morgan fingerprint density at radius 3 is 1.51 bits per heavy atom. The lowest BCUT2D eigenvalue weighted by Crippen LogP contribution is -2.52. The van der Waals surface area contributed by atoms with Crippen molar-refractivity contribution in [2.45, 2.75) is 144 Å². The summed E-state index contributed by atoms with van der Waals surface area (Å²) in [6, 6.07) is 5.96. The second-order valence-corrected chi connectivity index (χ2v) is 20.6. The van der Waals surface area contributed by atoms with Crippen molar-refractivity contribution in [1.29, 1.82) is 0 Å². The molecule has 0 aliphatic rings. The zero-order valence-electron chi connectivity index (χ0n) is 48.2. The summed E-state index contributed by atoms with van der Waals surface area (Å²) in [6.45, 7) is 0.952. The Labute approximate surface area is 500 Å². The molecule has 0 saturated heterocycles. The third-order valence-electron chi connectivity index (χ3n) is 13.3. The number of anilines is 2. The first-order valence-corrected chi connectivity index (χ1v) is 28.8. The molecule has 2 rings (SSSR count). The van der Waals surface area contributed by atoms with Crippen molar-refractivity contribution in [2.75, 3.05) is 96.7 Å². The van der Waals surface area contributed by atoms with E-state index < -0.39 is 80.0 Å². The number of aliphatic imine (C=N–C) groups is 3. The number of aliphatic hydroxyl groups excluding tert-OH is 10. The average molecular weight is 1230 g/mol. The molecule has 0 aliphatic carbocycles. The van der Waals surface area contributed by atoms with Gasteiger partial charge in [-0.05, 0) is 88.6 Å². The molecule has 0 aliphatic heterocycles. The average Bonchev–Trinajstić information content (AvgIpc) is 3.62. The van der Waals surface area contributed by atoms with E-state index in [-0.39, 0.29) is 85.0 Å². The van der Waals surface area contributed by atoms with Crippen LogP contribution in [0.15, 0.2) is 39.2 Å². The van der Waals surface area contributed by atoms with Crippen LogP contribution in [-0.4, -0.2) is 248 Å². The zero-order valence-corrected chi connectivity index (χ0v) is 48.9. The van der Waals surface area contributed by atoms with Crippen molar-refractivity contribution in [2.24, 2.45) is 43.6 Å². The van der Waals surface area contributed by atoms with Crippen LogP contribution < -0.4 is 71.5 Å². The molecule has 10 atom stereocenters. The summed E-state index contributed by atoms with van der Waals surface area (Å²) in [5.74, 6) is -1.41. The number of rotatable bonds is 46. The first kappa shape index (κ1) is 75.0. The number of halogens is 1. The Morgan fingerprint density at radius 1 is 0.576 bits per heavy atom. The molecule has 0 fully saturated rings. The summed E-state index contributed by atoms with van der Waals surface area (Å²) in [5, 5.41) is 114. The Morgan fingerprint density at radius 2 is 1.04 bits per heavy atom. The number of hydrogen-bond acceptors (Lipinski definition) is 24. The van der Waals surface area contributed by atoms with Crippen molar-refractivity contribution in [3.05, 3.63) is 40.7 Å². The quantitative estimate of drug-likeness (QED) is 0.0166. The summed E-state index contributed by atoms with van der Waals surface area (Å²) in [7, 11) is 0. The molecule has 33 heteroatoms. The van der Waals surface area contributed by atoms with Gasteiger partial charge in [0.15, 0.2) is 40.4 Å². The van der Waals surface area contributed by atoms with Crippen LogP contribution in [0.1, 0.15) is 93.1 Å². The SMILES string of the molecule is NC(N)=NCCCCC[C@@H](NC[C@@H](O)[C@H](O)[C@@H](O)[C@@H](O)CO)C(=O)NCCCN(CCCNC(=O)[C@@H](CCCCCN=C(N)N)NC[C@@H](O)[C@H](O)[C@@H](O)[C@@H](O)CO)CCOc1ccc(CCCCN=C(N)NC(=O)c2nc(Cl)c(N)nc2N)cc1. The second kappa shape index (κ2) is 42.7. The van der Waals surface area contributed by atoms with Crippen LogP contribution in [0.5, 0.6) is 5.75 Å². The summed E-state index contributed by atoms with van der Waals surface area (Å²) in [4.78, 5) is 61.6. The molecule has 1 aromatic heterocycles. The normalized spacial score (nSPS) is 15.3. The van der Waals surface area contributed by atoms with Crippen molar-refractivity contribution in [3.63, 3.8) is 0 Å². The molecule has 3 amide bonds. The number of ether oxygens (including phenoxy) is 1. The predicted octanol–water partition coefficient (Wildman–Crippen LogP) is -6.49. The van der Waals surface area contributed by atoms with Crippen LogP contribution in [-0.2, 0) is 16.0 Å². The van der Waals surface area contributed by atoms with Gasteiger partial charge in [0.2, 0.25) is 11.8 Å². The van der Waals surface area contributed by atoms with Crippen LogP contribution in [0.25, 0.3) is 0 Å². The standard InChI is InChI=1S/C52H95ClN18O14/c53-44-46(55)69-45(54)39(68-44)49(84)70-52(60)65-20-8-5-11-31-14-16-32(17-15-31)85-26-25-71(23-9-21-61-47(82)33(12-3-1-6-18-63-50(56)57)66-27-35(74)40(78)42(80)37(76)29-72)24-10-22-62-48(83)34(13-4-2-7-19-64-51(58)59)67-28-36(75)41(79)43(81)38(77)30-73/h14-17,33-38,40-43,66-67,72-81H,1-13,18-30H2,(H,61,82)(H,62,83)(H4,54,55,69)(H4,56,57,63)(H4,58,59,64)(H3,60,65,70,84)/t33-,34-,35-,36-,37+,38+,40+,41+,42+,43+/m1/s1. The highest BCUT2D eigenvalue weighted by Crippen LogP contribution is 2.18. The van der Waals surface area contributed by atoms with E-state index >= 15 is 0 Å². The molecule has 0 saturated carbocycles. The van der Waals surface area contributed by atoms with Crippen molar-refractivity contribution < 1.29 is 70.2 Å². The number of nitrogens with zero attached hydrogens (tertiary/aromatic N) is 6. The smallest absolute Gasteiger partial charge is 0.280 e. The van der Waals surface area contributed by atoms with E-state index in [1.807, 2.05) is 24.3 Å². The molecule has 85 heavy (non-hydrogen) atoms. The fourth-order valence-electron chi connectivity index (χ4n) is 8.36. The molecular weight excluding hydrogens is 1140 g/mol. The Kier molecular flexibility index (Phi) is 37.6. The highest BCUT2D eigenvalue weighted by molar-refractivity contribution is 6.31. The second-order valence-electron chi connectivity index (χ2n) is 20.3. The van der Waals surface area contributed by atoms with Crippen LogP contribution in [0.4, 0.5) is 11.6 Å². The minimum atomic E-state index is -1.84. The van der Waals surface area contributed by atoms with Crippen LogP contribution >= 0.6 is 11.6 Å². The molecule has 1 heterocycles. The molecule has 0 unspecified atom stereocenters. The van der Waals surface area contributed by atoms with Crippen LogP contribution in [0.2, 0.25) is 5.15 Å². The van der Waals surface area contributed by atoms with Crippen molar-refractivity contribution in [1.82, 2.24) is 41.5 Å². The summed E-state index contributed by atoms with van der Waals surface area (Å²) in [6.07, 6.45) is -6.40. The van der Waals surface area contributed by atoms with Gasteiger partial charge in [0, 0.05) is 52.4 Å². The molecule has 484 valence electrons. The maximum Gasteiger partial charge on any atom is 0.280 e. The minimum absolute atomic E-state index is 0.0368.